The monoisotopic (exact) mass is 455 g/mol. The number of aromatic hydroxyl groups is 1. The molecule has 3 aromatic rings. The molecular formula is C21H25N7O5. The summed E-state index contributed by atoms with van der Waals surface area (Å²) in [6.07, 6.45) is 6.18. The summed E-state index contributed by atoms with van der Waals surface area (Å²) in [6.45, 7) is 0. The number of rotatable bonds is 11. The lowest BCUT2D eigenvalue weighted by atomic mass is 10.0. The Bertz CT molecular complexity index is 1050. The van der Waals surface area contributed by atoms with E-state index in [0.29, 0.717) is 17.0 Å². The second kappa shape index (κ2) is 10.9. The number of carboxylic acid groups (broad SMARTS) is 1. The van der Waals surface area contributed by atoms with E-state index in [9.17, 15) is 24.6 Å². The number of nitrogens with zero attached hydrogens (tertiary/aromatic N) is 2. The molecule has 8 N–H and O–H groups in total. The minimum absolute atomic E-state index is 0.00852. The Morgan fingerprint density at radius 2 is 1.45 bits per heavy atom. The third-order valence-electron chi connectivity index (χ3n) is 4.93. The van der Waals surface area contributed by atoms with Crippen molar-refractivity contribution >= 4 is 17.8 Å². The molecule has 1 aromatic carbocycles. The molecule has 0 aliphatic rings. The van der Waals surface area contributed by atoms with Crippen molar-refractivity contribution in [2.75, 3.05) is 0 Å². The van der Waals surface area contributed by atoms with Crippen molar-refractivity contribution in [2.24, 2.45) is 5.73 Å². The number of carbonyl (C=O) groups excluding carboxylic acids is 2. The van der Waals surface area contributed by atoms with E-state index in [2.05, 4.69) is 30.6 Å². The van der Waals surface area contributed by atoms with Crippen molar-refractivity contribution in [3.05, 3.63) is 66.3 Å². The third-order valence-corrected chi connectivity index (χ3v) is 4.93. The fourth-order valence-electron chi connectivity index (χ4n) is 3.17. The summed E-state index contributed by atoms with van der Waals surface area (Å²) in [5.74, 6) is -2.45. The molecule has 0 fully saturated rings. The lowest BCUT2D eigenvalue weighted by Crippen LogP contribution is -2.56. The highest BCUT2D eigenvalue weighted by Crippen LogP contribution is 2.12. The molecule has 0 radical (unpaired) electrons. The van der Waals surface area contributed by atoms with Gasteiger partial charge in [0.25, 0.3) is 0 Å². The van der Waals surface area contributed by atoms with E-state index in [1.165, 1.54) is 31.0 Å². The van der Waals surface area contributed by atoms with E-state index in [1.807, 2.05) is 0 Å². The topological polar surface area (TPSA) is 199 Å². The smallest absolute Gasteiger partial charge is 0.326 e. The molecule has 3 rings (SSSR count). The maximum absolute atomic E-state index is 13.0. The maximum Gasteiger partial charge on any atom is 0.326 e. The van der Waals surface area contributed by atoms with Crippen LogP contribution in [0, 0.1) is 0 Å². The molecule has 12 nitrogen and oxygen atoms in total. The van der Waals surface area contributed by atoms with E-state index in [0.717, 1.165) is 0 Å². The van der Waals surface area contributed by atoms with Gasteiger partial charge in [0.15, 0.2) is 0 Å². The maximum atomic E-state index is 13.0. The van der Waals surface area contributed by atoms with Gasteiger partial charge in [0.2, 0.25) is 11.8 Å². The van der Waals surface area contributed by atoms with E-state index in [1.54, 1.807) is 18.3 Å². The normalized spacial score (nSPS) is 13.6. The van der Waals surface area contributed by atoms with Crippen LogP contribution in [0.3, 0.4) is 0 Å². The number of H-pyrrole nitrogens is 2. The molecule has 0 aliphatic heterocycles. The van der Waals surface area contributed by atoms with Gasteiger partial charge in [0, 0.05) is 43.0 Å². The number of nitrogens with one attached hydrogen (secondary N) is 4. The van der Waals surface area contributed by atoms with Crippen LogP contribution in [0.1, 0.15) is 17.0 Å². The van der Waals surface area contributed by atoms with Crippen molar-refractivity contribution in [3.63, 3.8) is 0 Å². The number of amides is 2. The van der Waals surface area contributed by atoms with Gasteiger partial charge in [-0.25, -0.2) is 14.8 Å². The van der Waals surface area contributed by atoms with Crippen molar-refractivity contribution in [1.29, 1.82) is 0 Å². The van der Waals surface area contributed by atoms with Crippen LogP contribution >= 0.6 is 0 Å². The zero-order valence-corrected chi connectivity index (χ0v) is 17.6. The van der Waals surface area contributed by atoms with Crippen molar-refractivity contribution < 1.29 is 24.6 Å². The summed E-state index contributed by atoms with van der Waals surface area (Å²) < 4.78 is 0. The van der Waals surface area contributed by atoms with Gasteiger partial charge in [0.1, 0.15) is 17.8 Å². The molecule has 0 saturated carbocycles. The Balaban J connectivity index is 1.69. The fraction of sp³-hybridized carbons (Fsp3) is 0.286. The predicted octanol–water partition coefficient (Wildman–Crippen LogP) is -0.752. The van der Waals surface area contributed by atoms with Crippen LogP contribution in [0.2, 0.25) is 0 Å². The number of aliphatic carboxylic acids is 1. The third kappa shape index (κ3) is 6.90. The van der Waals surface area contributed by atoms with Crippen LogP contribution in [0.4, 0.5) is 0 Å². The van der Waals surface area contributed by atoms with Gasteiger partial charge >= 0.3 is 5.97 Å². The first-order valence-electron chi connectivity index (χ1n) is 10.1. The van der Waals surface area contributed by atoms with Gasteiger partial charge in [-0.3, -0.25) is 9.59 Å². The second-order valence-electron chi connectivity index (χ2n) is 7.50. The summed E-state index contributed by atoms with van der Waals surface area (Å²) in [7, 11) is 0. The van der Waals surface area contributed by atoms with Crippen LogP contribution in [-0.4, -0.2) is 66.1 Å². The molecule has 2 amide bonds. The first-order chi connectivity index (χ1) is 15.8. The van der Waals surface area contributed by atoms with Crippen LogP contribution < -0.4 is 16.4 Å². The summed E-state index contributed by atoms with van der Waals surface area (Å²) in [5, 5.41) is 24.1. The van der Waals surface area contributed by atoms with Crippen molar-refractivity contribution in [3.8, 4) is 5.75 Å². The van der Waals surface area contributed by atoms with E-state index in [-0.39, 0.29) is 25.0 Å². The fourth-order valence-corrected chi connectivity index (χ4v) is 3.17. The number of carboxylic acids is 1. The SMILES string of the molecule is N[C@@H](Cc1cnc[nH]1)C(=O)N[C@@H](Cc1cnc[nH]1)C(=O)N[C@@H](Cc1ccc(O)cc1)C(=O)O. The van der Waals surface area contributed by atoms with Gasteiger partial charge in [0.05, 0.1) is 18.7 Å². The first kappa shape index (κ1) is 23.5. The molecule has 2 aromatic heterocycles. The van der Waals surface area contributed by atoms with Crippen LogP contribution in [0.15, 0.2) is 49.3 Å². The molecule has 0 spiro atoms. The molecule has 174 valence electrons. The second-order valence-corrected chi connectivity index (χ2v) is 7.50. The summed E-state index contributed by atoms with van der Waals surface area (Å²) in [4.78, 5) is 50.9. The molecule has 33 heavy (non-hydrogen) atoms. The molecule has 12 heteroatoms. The highest BCUT2D eigenvalue weighted by atomic mass is 16.4. The average molecular weight is 455 g/mol. The molecule has 3 atom stereocenters. The van der Waals surface area contributed by atoms with Gasteiger partial charge in [-0.2, -0.15) is 0 Å². The van der Waals surface area contributed by atoms with Crippen LogP contribution in [-0.2, 0) is 33.6 Å². The molecular weight excluding hydrogens is 430 g/mol. The highest BCUT2D eigenvalue weighted by Gasteiger charge is 2.29. The molecule has 0 aliphatic carbocycles. The van der Waals surface area contributed by atoms with Gasteiger partial charge in [-0.1, -0.05) is 12.1 Å². The first-order valence-corrected chi connectivity index (χ1v) is 10.1. The highest BCUT2D eigenvalue weighted by molar-refractivity contribution is 5.92. The predicted molar refractivity (Wildman–Crippen MR) is 116 cm³/mol. The summed E-state index contributed by atoms with van der Waals surface area (Å²) >= 11 is 0. The standard InChI is InChI=1S/C21H25N7O5/c22-16(6-13-8-23-10-25-13)19(30)27-17(7-14-9-24-11-26-14)20(31)28-18(21(32)33)5-12-1-3-15(29)4-2-12/h1-4,8-11,16-18,29H,5-7,22H2,(H,23,25)(H,24,26)(H,27,30)(H,28,31)(H,32,33)/t16-,17-,18-/m0/s1. The average Bonchev–Trinajstić information content (AvgIpc) is 3.48. The zero-order chi connectivity index (χ0) is 23.8. The minimum atomic E-state index is -1.25. The number of carbonyl (C=O) groups is 3. The zero-order valence-electron chi connectivity index (χ0n) is 17.6. The van der Waals surface area contributed by atoms with Crippen molar-refractivity contribution in [2.45, 2.75) is 37.4 Å². The quantitative estimate of drug-likeness (QED) is 0.196. The van der Waals surface area contributed by atoms with E-state index in [4.69, 9.17) is 5.73 Å². The van der Waals surface area contributed by atoms with Gasteiger partial charge in [-0.05, 0) is 17.7 Å². The largest absolute Gasteiger partial charge is 0.508 e. The molecule has 0 saturated heterocycles. The number of phenolic OH excluding ortho intramolecular Hbond substituents is 1. The van der Waals surface area contributed by atoms with Gasteiger partial charge in [-0.15, -0.1) is 0 Å². The summed E-state index contributed by atoms with van der Waals surface area (Å²) in [5.41, 5.74) is 7.81. The van der Waals surface area contributed by atoms with Crippen LogP contribution in [0.25, 0.3) is 0 Å². The summed E-state index contributed by atoms with van der Waals surface area (Å²) in [6, 6.07) is 2.70. The Morgan fingerprint density at radius 3 is 2.00 bits per heavy atom. The Labute approximate surface area is 188 Å². The Kier molecular flexibility index (Phi) is 7.76. The number of hydrogen-bond acceptors (Lipinski definition) is 7. The Morgan fingerprint density at radius 1 is 0.879 bits per heavy atom. The van der Waals surface area contributed by atoms with Crippen LogP contribution in [0.5, 0.6) is 5.75 Å². The molecule has 0 unspecified atom stereocenters. The Hall–Kier alpha value is -4.19. The number of phenols is 1. The number of nitrogens with two attached hydrogens (primary N) is 1. The van der Waals surface area contributed by atoms with Gasteiger partial charge < -0.3 is 36.5 Å². The number of aromatic amines is 2. The number of imidazole rings is 2. The van der Waals surface area contributed by atoms with E-state index >= 15 is 0 Å². The molecule has 2 heterocycles. The molecule has 0 bridgehead atoms. The lowest BCUT2D eigenvalue weighted by Gasteiger charge is -2.22. The lowest BCUT2D eigenvalue weighted by molar-refractivity contribution is -0.142. The van der Waals surface area contributed by atoms with Crippen molar-refractivity contribution in [1.82, 2.24) is 30.6 Å². The number of benzene rings is 1. The number of aromatic nitrogens is 4. The van der Waals surface area contributed by atoms with E-state index < -0.39 is 35.9 Å². The number of hydrogen-bond donors (Lipinski definition) is 7. The minimum Gasteiger partial charge on any atom is -0.508 e.